The highest BCUT2D eigenvalue weighted by molar-refractivity contribution is 5.87. The third-order valence-corrected chi connectivity index (χ3v) is 4.69. The molecule has 2 fully saturated rings. The molecule has 0 spiro atoms. The van der Waals surface area contributed by atoms with Crippen molar-refractivity contribution in [2.75, 3.05) is 6.61 Å². The lowest BCUT2D eigenvalue weighted by Gasteiger charge is -2.16. The molecule has 0 radical (unpaired) electrons. The molecule has 0 saturated heterocycles. The minimum atomic E-state index is -1.98. The van der Waals surface area contributed by atoms with Crippen molar-refractivity contribution in [1.29, 1.82) is 0 Å². The molecule has 2 aliphatic carbocycles. The topological polar surface area (TPSA) is 52.6 Å². The molecule has 118 valence electrons. The van der Waals surface area contributed by atoms with Crippen molar-refractivity contribution in [3.63, 3.8) is 0 Å². The lowest BCUT2D eigenvalue weighted by molar-refractivity contribution is -0.156. The van der Waals surface area contributed by atoms with Gasteiger partial charge < -0.3 is 9.47 Å². The van der Waals surface area contributed by atoms with Crippen LogP contribution in [0.1, 0.15) is 25.3 Å². The van der Waals surface area contributed by atoms with E-state index in [2.05, 4.69) is 0 Å². The quantitative estimate of drug-likeness (QED) is 0.785. The Labute approximate surface area is 128 Å². The van der Waals surface area contributed by atoms with Crippen molar-refractivity contribution < 1.29 is 23.5 Å². The number of ether oxygens (including phenoxy) is 2. The lowest BCUT2D eigenvalue weighted by atomic mass is 9.99. The first-order valence-corrected chi connectivity index (χ1v) is 7.65. The molecule has 1 aromatic rings. The van der Waals surface area contributed by atoms with E-state index < -0.39 is 29.4 Å². The molecular formula is C17H19FO4. The van der Waals surface area contributed by atoms with Crippen LogP contribution in [0, 0.1) is 17.8 Å². The standard InChI is InChI=1S/C17H19FO4/c1-2-21-16(20)17(18)13-9-8-12(14(13)17)15(19)22-10-11-6-4-3-5-7-11/h3-7,12-14H,2,8-10H2,1H3. The van der Waals surface area contributed by atoms with Gasteiger partial charge in [-0.1, -0.05) is 30.3 Å². The Hall–Kier alpha value is -1.91. The molecule has 4 nitrogen and oxygen atoms in total. The molecule has 1 aromatic carbocycles. The third-order valence-electron chi connectivity index (χ3n) is 4.69. The van der Waals surface area contributed by atoms with Crippen LogP contribution >= 0.6 is 0 Å². The highest BCUT2D eigenvalue weighted by atomic mass is 19.1. The van der Waals surface area contributed by atoms with Crippen LogP contribution in [0.4, 0.5) is 4.39 Å². The zero-order chi connectivity index (χ0) is 15.7. The molecule has 22 heavy (non-hydrogen) atoms. The third kappa shape index (κ3) is 2.38. The highest BCUT2D eigenvalue weighted by Crippen LogP contribution is 2.66. The molecule has 2 saturated carbocycles. The normalized spacial score (nSPS) is 32.2. The van der Waals surface area contributed by atoms with E-state index in [0.29, 0.717) is 12.8 Å². The van der Waals surface area contributed by atoms with Crippen LogP contribution in [0.15, 0.2) is 30.3 Å². The molecule has 0 aromatic heterocycles. The summed E-state index contributed by atoms with van der Waals surface area (Å²) < 4.78 is 24.8. The maximum absolute atomic E-state index is 14.7. The summed E-state index contributed by atoms with van der Waals surface area (Å²) in [5.74, 6) is -2.75. The van der Waals surface area contributed by atoms with Gasteiger partial charge in [-0.2, -0.15) is 0 Å². The van der Waals surface area contributed by atoms with E-state index in [1.807, 2.05) is 30.3 Å². The van der Waals surface area contributed by atoms with Gasteiger partial charge in [0.2, 0.25) is 5.67 Å². The predicted octanol–water partition coefficient (Wildman–Crippen LogP) is 2.66. The summed E-state index contributed by atoms with van der Waals surface area (Å²) in [6, 6.07) is 9.33. The molecule has 4 unspecified atom stereocenters. The van der Waals surface area contributed by atoms with Gasteiger partial charge in [-0.05, 0) is 25.3 Å². The summed E-state index contributed by atoms with van der Waals surface area (Å²) in [4.78, 5) is 23.9. The number of halogens is 1. The fourth-order valence-electron chi connectivity index (χ4n) is 3.58. The van der Waals surface area contributed by atoms with Crippen LogP contribution in [0.5, 0.6) is 0 Å². The molecule has 0 bridgehead atoms. The van der Waals surface area contributed by atoms with Crippen LogP contribution in [0.25, 0.3) is 0 Å². The van der Waals surface area contributed by atoms with Gasteiger partial charge in [0.1, 0.15) is 6.61 Å². The first-order valence-electron chi connectivity index (χ1n) is 7.65. The zero-order valence-corrected chi connectivity index (χ0v) is 12.5. The Morgan fingerprint density at radius 3 is 2.64 bits per heavy atom. The Kier molecular flexibility index (Phi) is 3.89. The van der Waals surface area contributed by atoms with Gasteiger partial charge in [-0.15, -0.1) is 0 Å². The molecule has 2 aliphatic rings. The second-order valence-electron chi connectivity index (χ2n) is 5.90. The number of fused-ring (bicyclic) bond motifs is 1. The Balaban J connectivity index is 1.59. The summed E-state index contributed by atoms with van der Waals surface area (Å²) in [5.41, 5.74) is -1.09. The number of carbonyl (C=O) groups is 2. The van der Waals surface area contributed by atoms with Crippen molar-refractivity contribution in [2.45, 2.75) is 32.0 Å². The molecule has 0 N–H and O–H groups in total. The van der Waals surface area contributed by atoms with Gasteiger partial charge >= 0.3 is 11.9 Å². The molecule has 3 rings (SSSR count). The first-order chi connectivity index (χ1) is 10.6. The Bertz CT molecular complexity index is 573. The van der Waals surface area contributed by atoms with E-state index in [9.17, 15) is 14.0 Å². The Morgan fingerprint density at radius 2 is 1.95 bits per heavy atom. The number of carbonyl (C=O) groups excluding carboxylic acids is 2. The van der Waals surface area contributed by atoms with E-state index in [1.54, 1.807) is 6.92 Å². The summed E-state index contributed by atoms with van der Waals surface area (Å²) in [5, 5.41) is 0. The number of rotatable bonds is 5. The second kappa shape index (κ2) is 5.71. The van der Waals surface area contributed by atoms with Crippen molar-refractivity contribution in [2.24, 2.45) is 17.8 Å². The largest absolute Gasteiger partial charge is 0.464 e. The summed E-state index contributed by atoms with van der Waals surface area (Å²) in [7, 11) is 0. The van der Waals surface area contributed by atoms with Crippen LogP contribution in [-0.2, 0) is 25.7 Å². The van der Waals surface area contributed by atoms with Gasteiger partial charge in [0, 0.05) is 11.8 Å². The van der Waals surface area contributed by atoms with Crippen molar-refractivity contribution in [3.8, 4) is 0 Å². The van der Waals surface area contributed by atoms with Crippen molar-refractivity contribution >= 4 is 11.9 Å². The van der Waals surface area contributed by atoms with E-state index in [4.69, 9.17) is 9.47 Å². The maximum atomic E-state index is 14.7. The fourth-order valence-corrected chi connectivity index (χ4v) is 3.58. The SMILES string of the molecule is CCOC(=O)C1(F)C2CCC(C(=O)OCc3ccccc3)C21. The number of benzene rings is 1. The van der Waals surface area contributed by atoms with Crippen LogP contribution < -0.4 is 0 Å². The zero-order valence-electron chi connectivity index (χ0n) is 12.5. The van der Waals surface area contributed by atoms with Gasteiger partial charge in [0.15, 0.2) is 0 Å². The van der Waals surface area contributed by atoms with Crippen LogP contribution in [0.2, 0.25) is 0 Å². The number of esters is 2. The Morgan fingerprint density at radius 1 is 1.23 bits per heavy atom. The average Bonchev–Trinajstić information content (AvgIpc) is 2.92. The second-order valence-corrected chi connectivity index (χ2v) is 5.90. The molecular weight excluding hydrogens is 287 g/mol. The molecule has 0 amide bonds. The lowest BCUT2D eigenvalue weighted by Crippen LogP contribution is -2.30. The number of hydrogen-bond acceptors (Lipinski definition) is 4. The molecule has 0 aliphatic heterocycles. The van der Waals surface area contributed by atoms with Gasteiger partial charge in [-0.3, -0.25) is 4.79 Å². The monoisotopic (exact) mass is 306 g/mol. The summed E-state index contributed by atoms with van der Waals surface area (Å²) in [6.45, 7) is 1.96. The van der Waals surface area contributed by atoms with E-state index in [1.165, 1.54) is 0 Å². The number of alkyl halides is 1. The van der Waals surface area contributed by atoms with E-state index in [0.717, 1.165) is 5.56 Å². The highest BCUT2D eigenvalue weighted by Gasteiger charge is 2.78. The first kappa shape index (κ1) is 15.0. The fraction of sp³-hybridized carbons (Fsp3) is 0.529. The molecule has 4 atom stereocenters. The maximum Gasteiger partial charge on any atom is 0.344 e. The number of hydrogen-bond donors (Lipinski definition) is 0. The summed E-state index contributed by atoms with van der Waals surface area (Å²) in [6.07, 6.45) is 1.11. The smallest absolute Gasteiger partial charge is 0.344 e. The van der Waals surface area contributed by atoms with Crippen LogP contribution in [0.3, 0.4) is 0 Å². The predicted molar refractivity (Wildman–Crippen MR) is 76.4 cm³/mol. The van der Waals surface area contributed by atoms with Crippen LogP contribution in [-0.4, -0.2) is 24.2 Å². The van der Waals surface area contributed by atoms with Gasteiger partial charge in [-0.25, -0.2) is 9.18 Å². The summed E-state index contributed by atoms with van der Waals surface area (Å²) >= 11 is 0. The van der Waals surface area contributed by atoms with Gasteiger partial charge in [0.05, 0.1) is 12.5 Å². The van der Waals surface area contributed by atoms with E-state index >= 15 is 0 Å². The van der Waals surface area contributed by atoms with Crippen molar-refractivity contribution in [1.82, 2.24) is 0 Å². The van der Waals surface area contributed by atoms with E-state index in [-0.39, 0.29) is 19.1 Å². The molecule has 5 heteroatoms. The minimum absolute atomic E-state index is 0.146. The minimum Gasteiger partial charge on any atom is -0.464 e. The van der Waals surface area contributed by atoms with Gasteiger partial charge in [0.25, 0.3) is 0 Å². The van der Waals surface area contributed by atoms with Crippen molar-refractivity contribution in [3.05, 3.63) is 35.9 Å². The molecule has 0 heterocycles. The average molecular weight is 306 g/mol.